The Hall–Kier alpha value is -1.96. The number of hydrogen-bond acceptors (Lipinski definition) is 3. The fourth-order valence-electron chi connectivity index (χ4n) is 1.79. The number of carbonyl (C=O) groups is 1. The van der Waals surface area contributed by atoms with Gasteiger partial charge in [-0.3, -0.25) is 4.79 Å². The van der Waals surface area contributed by atoms with E-state index >= 15 is 0 Å². The van der Waals surface area contributed by atoms with E-state index in [0.29, 0.717) is 11.3 Å². The van der Waals surface area contributed by atoms with E-state index in [4.69, 9.17) is 0 Å². The second kappa shape index (κ2) is 7.54. The zero-order valence-electron chi connectivity index (χ0n) is 12.1. The second-order valence-corrected chi connectivity index (χ2v) is 7.22. The first kappa shape index (κ1) is 17.4. The Kier molecular flexibility index (Phi) is 5.70. The molecule has 7 heteroatoms. The van der Waals surface area contributed by atoms with Crippen LogP contribution in [0.1, 0.15) is 10.4 Å². The van der Waals surface area contributed by atoms with Crippen molar-refractivity contribution in [3.8, 4) is 0 Å². The van der Waals surface area contributed by atoms with Crippen LogP contribution in [0.2, 0.25) is 0 Å². The number of anilines is 1. The van der Waals surface area contributed by atoms with Crippen LogP contribution in [0.3, 0.4) is 0 Å². The zero-order chi connectivity index (χ0) is 16.9. The molecule has 0 aliphatic rings. The Balaban J connectivity index is 2.15. The van der Waals surface area contributed by atoms with Crippen molar-refractivity contribution in [3.05, 3.63) is 71.2 Å². The van der Waals surface area contributed by atoms with E-state index in [1.54, 1.807) is 12.1 Å². The second-order valence-electron chi connectivity index (χ2n) is 4.60. The number of para-hydroxylation sites is 1. The van der Waals surface area contributed by atoms with Gasteiger partial charge in [0.2, 0.25) is 10.0 Å². The fraction of sp³-hybridized carbons (Fsp3) is 0.0625. The molecule has 0 atom stereocenters. The molecule has 0 aliphatic carbocycles. The van der Waals surface area contributed by atoms with Crippen LogP contribution in [-0.2, 0) is 10.0 Å². The maximum atomic E-state index is 12.2. The summed E-state index contributed by atoms with van der Waals surface area (Å²) in [5.74, 6) is -0.320. The van der Waals surface area contributed by atoms with Crippen molar-refractivity contribution in [2.45, 2.75) is 4.90 Å². The van der Waals surface area contributed by atoms with Crippen LogP contribution in [0, 0.1) is 0 Å². The number of halogens is 1. The van der Waals surface area contributed by atoms with E-state index < -0.39 is 10.0 Å². The smallest absolute Gasteiger partial charge is 0.255 e. The maximum absolute atomic E-state index is 12.2. The Morgan fingerprint density at radius 1 is 1.13 bits per heavy atom. The van der Waals surface area contributed by atoms with E-state index in [1.165, 1.54) is 30.3 Å². The summed E-state index contributed by atoms with van der Waals surface area (Å²) in [5, 5.41) is 2.75. The van der Waals surface area contributed by atoms with Crippen molar-refractivity contribution < 1.29 is 13.2 Å². The highest BCUT2D eigenvalue weighted by Gasteiger charge is 2.14. The summed E-state index contributed by atoms with van der Waals surface area (Å²) < 4.78 is 27.0. The molecule has 0 aromatic heterocycles. The van der Waals surface area contributed by atoms with Crippen molar-refractivity contribution in [3.63, 3.8) is 0 Å². The van der Waals surface area contributed by atoms with Crippen molar-refractivity contribution in [1.82, 2.24) is 4.72 Å². The number of carbonyl (C=O) groups excluding carboxylic acids is 1. The number of hydrogen-bond donors (Lipinski definition) is 2. The van der Waals surface area contributed by atoms with Crippen LogP contribution in [0.4, 0.5) is 5.69 Å². The summed E-state index contributed by atoms with van der Waals surface area (Å²) in [6.07, 6.45) is 1.46. The molecule has 2 aromatic rings. The highest BCUT2D eigenvalue weighted by molar-refractivity contribution is 9.10. The van der Waals surface area contributed by atoms with Gasteiger partial charge in [-0.2, -0.15) is 0 Å². The minimum Gasteiger partial charge on any atom is -0.321 e. The summed E-state index contributed by atoms with van der Waals surface area (Å²) in [4.78, 5) is 12.3. The van der Waals surface area contributed by atoms with Crippen LogP contribution in [0.15, 0.2) is 70.6 Å². The molecule has 2 rings (SSSR count). The summed E-state index contributed by atoms with van der Waals surface area (Å²) in [7, 11) is -3.59. The van der Waals surface area contributed by atoms with Gasteiger partial charge in [0.25, 0.3) is 5.91 Å². The van der Waals surface area contributed by atoms with Crippen LogP contribution >= 0.6 is 15.9 Å². The number of sulfonamides is 1. The van der Waals surface area contributed by atoms with Crippen molar-refractivity contribution in [2.75, 3.05) is 11.9 Å². The van der Waals surface area contributed by atoms with E-state index in [0.717, 1.165) is 4.47 Å². The van der Waals surface area contributed by atoms with Crippen molar-refractivity contribution in [1.29, 1.82) is 0 Å². The minimum absolute atomic E-state index is 0.0943. The predicted octanol–water partition coefficient (Wildman–Crippen LogP) is 3.17. The first-order chi connectivity index (χ1) is 10.9. The molecule has 0 spiro atoms. The zero-order valence-corrected chi connectivity index (χ0v) is 14.5. The van der Waals surface area contributed by atoms with Crippen LogP contribution in [0.5, 0.6) is 0 Å². The quantitative estimate of drug-likeness (QED) is 0.738. The molecule has 5 nitrogen and oxygen atoms in total. The molecule has 0 bridgehead atoms. The third kappa shape index (κ3) is 4.51. The van der Waals surface area contributed by atoms with Crippen molar-refractivity contribution in [2.24, 2.45) is 0 Å². The summed E-state index contributed by atoms with van der Waals surface area (Å²) >= 11 is 3.35. The monoisotopic (exact) mass is 394 g/mol. The average Bonchev–Trinajstić information content (AvgIpc) is 2.55. The molecule has 0 fully saturated rings. The Morgan fingerprint density at radius 3 is 2.39 bits per heavy atom. The number of nitrogens with one attached hydrogen (secondary N) is 2. The topological polar surface area (TPSA) is 75.3 Å². The number of rotatable bonds is 6. The molecule has 2 aromatic carbocycles. The lowest BCUT2D eigenvalue weighted by Crippen LogP contribution is -2.23. The van der Waals surface area contributed by atoms with Gasteiger partial charge < -0.3 is 5.32 Å². The molecule has 0 radical (unpaired) electrons. The third-order valence-corrected chi connectivity index (χ3v) is 5.10. The van der Waals surface area contributed by atoms with Gasteiger partial charge in [-0.15, -0.1) is 6.58 Å². The van der Waals surface area contributed by atoms with Crippen LogP contribution in [0.25, 0.3) is 0 Å². The first-order valence-corrected chi connectivity index (χ1v) is 8.98. The Labute approximate surface area is 143 Å². The lowest BCUT2D eigenvalue weighted by Gasteiger charge is -2.08. The normalized spacial score (nSPS) is 11.0. The van der Waals surface area contributed by atoms with E-state index in [-0.39, 0.29) is 17.3 Å². The SMILES string of the molecule is C=CCNS(=O)(=O)c1ccc(C(=O)Nc2ccccc2Br)cc1. The van der Waals surface area contributed by atoms with Crippen LogP contribution in [-0.4, -0.2) is 20.9 Å². The Bertz CT molecular complexity index is 817. The van der Waals surface area contributed by atoms with Gasteiger partial charge in [0.1, 0.15) is 0 Å². The summed E-state index contributed by atoms with van der Waals surface area (Å²) in [5.41, 5.74) is 1.00. The van der Waals surface area contributed by atoms with Crippen molar-refractivity contribution >= 4 is 37.5 Å². The standard InChI is InChI=1S/C16H15BrN2O3S/c1-2-11-18-23(21,22)13-9-7-12(8-10-13)16(20)19-15-6-4-3-5-14(15)17/h2-10,18H,1,11H2,(H,19,20). The van der Waals surface area contributed by atoms with Gasteiger partial charge in [0.05, 0.1) is 10.6 Å². The molecule has 0 unspecified atom stereocenters. The van der Waals surface area contributed by atoms with Gasteiger partial charge in [0.15, 0.2) is 0 Å². The van der Waals surface area contributed by atoms with Gasteiger partial charge >= 0.3 is 0 Å². The van der Waals surface area contributed by atoms with Crippen LogP contribution < -0.4 is 10.0 Å². The highest BCUT2D eigenvalue weighted by atomic mass is 79.9. The van der Waals surface area contributed by atoms with Gasteiger partial charge in [-0.05, 0) is 52.3 Å². The van der Waals surface area contributed by atoms with Gasteiger partial charge in [-0.1, -0.05) is 18.2 Å². The molecule has 0 saturated heterocycles. The third-order valence-electron chi connectivity index (χ3n) is 2.97. The van der Waals surface area contributed by atoms with E-state index in [1.807, 2.05) is 12.1 Å². The predicted molar refractivity (Wildman–Crippen MR) is 93.9 cm³/mol. The summed E-state index contributed by atoms with van der Waals surface area (Å²) in [6, 6.07) is 12.9. The number of benzene rings is 2. The lowest BCUT2D eigenvalue weighted by molar-refractivity contribution is 0.102. The fourth-order valence-corrected chi connectivity index (χ4v) is 3.18. The molecule has 23 heavy (non-hydrogen) atoms. The average molecular weight is 395 g/mol. The molecule has 120 valence electrons. The minimum atomic E-state index is -3.59. The molecular formula is C16H15BrN2O3S. The van der Waals surface area contributed by atoms with Gasteiger partial charge in [0, 0.05) is 16.6 Å². The number of amides is 1. The molecule has 0 heterocycles. The molecule has 2 N–H and O–H groups in total. The Morgan fingerprint density at radius 2 is 1.78 bits per heavy atom. The first-order valence-electron chi connectivity index (χ1n) is 6.70. The van der Waals surface area contributed by atoms with E-state index in [9.17, 15) is 13.2 Å². The largest absolute Gasteiger partial charge is 0.321 e. The highest BCUT2D eigenvalue weighted by Crippen LogP contribution is 2.22. The molecule has 0 aliphatic heterocycles. The summed E-state index contributed by atoms with van der Waals surface area (Å²) in [6.45, 7) is 3.60. The lowest BCUT2D eigenvalue weighted by atomic mass is 10.2. The molecule has 1 amide bonds. The van der Waals surface area contributed by atoms with Gasteiger partial charge in [-0.25, -0.2) is 13.1 Å². The molecular weight excluding hydrogens is 380 g/mol. The maximum Gasteiger partial charge on any atom is 0.255 e. The molecule has 0 saturated carbocycles. The van der Waals surface area contributed by atoms with E-state index in [2.05, 4.69) is 32.5 Å².